The number of Topliss-reactive ketones (excluding diaryl/α,β-unsaturated/α-hetero) is 1. The van der Waals surface area contributed by atoms with Gasteiger partial charge in [-0.25, -0.2) is 0 Å². The Morgan fingerprint density at radius 1 is 1.26 bits per heavy atom. The zero-order chi connectivity index (χ0) is 13.7. The molecular weight excluding hydrogens is 246 g/mol. The third-order valence-electron chi connectivity index (χ3n) is 2.94. The molecule has 5 heteroatoms. The highest BCUT2D eigenvalue weighted by atomic mass is 16.5. The minimum atomic E-state index is -0.531. The van der Waals surface area contributed by atoms with Crippen LogP contribution in [0.5, 0.6) is 0 Å². The van der Waals surface area contributed by atoms with E-state index in [2.05, 4.69) is 5.32 Å². The topological polar surface area (TPSA) is 72.5 Å². The van der Waals surface area contributed by atoms with Gasteiger partial charge in [-0.1, -0.05) is 30.3 Å². The average Bonchev–Trinajstić information content (AvgIpc) is 2.73. The monoisotopic (exact) mass is 261 g/mol. The second-order valence-electron chi connectivity index (χ2n) is 4.45. The fraction of sp³-hybridized carbons (Fsp3) is 0.357. The highest BCUT2D eigenvalue weighted by Gasteiger charge is 2.30. The Labute approximate surface area is 110 Å². The van der Waals surface area contributed by atoms with Crippen LogP contribution in [0, 0.1) is 0 Å². The molecule has 5 nitrogen and oxygen atoms in total. The Bertz CT molecular complexity index is 483. The van der Waals surface area contributed by atoms with Crippen LogP contribution >= 0.6 is 0 Å². The van der Waals surface area contributed by atoms with Gasteiger partial charge in [0.2, 0.25) is 5.91 Å². The van der Waals surface area contributed by atoms with E-state index in [1.54, 1.807) is 0 Å². The molecule has 1 aromatic carbocycles. The molecule has 0 radical (unpaired) electrons. The summed E-state index contributed by atoms with van der Waals surface area (Å²) in [4.78, 5) is 33.8. The van der Waals surface area contributed by atoms with Gasteiger partial charge in [-0.2, -0.15) is 0 Å². The molecule has 1 amide bonds. The lowest BCUT2D eigenvalue weighted by molar-refractivity contribution is -0.145. The number of esters is 1. The molecule has 1 heterocycles. The van der Waals surface area contributed by atoms with Crippen molar-refractivity contribution in [3.05, 3.63) is 35.9 Å². The highest BCUT2D eigenvalue weighted by molar-refractivity contribution is 6.07. The van der Waals surface area contributed by atoms with Crippen LogP contribution in [-0.4, -0.2) is 23.7 Å². The van der Waals surface area contributed by atoms with E-state index in [1.165, 1.54) is 0 Å². The number of benzene rings is 1. The third kappa shape index (κ3) is 3.91. The maximum absolute atomic E-state index is 11.5. The number of carbonyl (C=O) groups excluding carboxylic acids is 3. The molecule has 1 aromatic rings. The normalized spacial score (nSPS) is 18.2. The number of carbonyl (C=O) groups is 3. The van der Waals surface area contributed by atoms with Crippen LogP contribution < -0.4 is 5.32 Å². The molecule has 1 N–H and O–H groups in total. The summed E-state index contributed by atoms with van der Waals surface area (Å²) in [5.74, 6) is -0.786. The molecule has 100 valence electrons. The second kappa shape index (κ2) is 6.13. The number of hydrogen-bond donors (Lipinski definition) is 1. The first-order valence-electron chi connectivity index (χ1n) is 6.17. The largest absolute Gasteiger partial charge is 0.461 e. The van der Waals surface area contributed by atoms with E-state index in [0.717, 1.165) is 5.56 Å². The summed E-state index contributed by atoms with van der Waals surface area (Å²) in [5, 5.41) is 2.54. The number of nitrogens with one attached hydrogen (secondary N) is 1. The van der Waals surface area contributed by atoms with Crippen LogP contribution in [0.3, 0.4) is 0 Å². The van der Waals surface area contributed by atoms with Gasteiger partial charge in [-0.15, -0.1) is 0 Å². The van der Waals surface area contributed by atoms with Gasteiger partial charge < -0.3 is 10.1 Å². The molecule has 0 aliphatic carbocycles. The van der Waals surface area contributed by atoms with Crippen LogP contribution in [0.2, 0.25) is 0 Å². The number of ketones is 1. The quantitative estimate of drug-likeness (QED) is 0.633. The van der Waals surface area contributed by atoms with Crippen molar-refractivity contribution < 1.29 is 19.1 Å². The van der Waals surface area contributed by atoms with Crippen LogP contribution in [-0.2, 0) is 25.7 Å². The summed E-state index contributed by atoms with van der Waals surface area (Å²) >= 11 is 0. The molecule has 0 saturated carbocycles. The van der Waals surface area contributed by atoms with Gasteiger partial charge in [0, 0.05) is 6.42 Å². The maximum Gasteiger partial charge on any atom is 0.306 e. The Balaban J connectivity index is 1.70. The van der Waals surface area contributed by atoms with Crippen molar-refractivity contribution in [2.75, 3.05) is 0 Å². The SMILES string of the molecule is O=C1CC(=O)C(CCC(=O)OCc2ccccc2)N1. The van der Waals surface area contributed by atoms with Gasteiger partial charge in [-0.3, -0.25) is 14.4 Å². The number of ether oxygens (including phenoxy) is 1. The lowest BCUT2D eigenvalue weighted by atomic mass is 10.1. The van der Waals surface area contributed by atoms with E-state index in [9.17, 15) is 14.4 Å². The zero-order valence-corrected chi connectivity index (χ0v) is 10.4. The highest BCUT2D eigenvalue weighted by Crippen LogP contribution is 2.10. The Morgan fingerprint density at radius 2 is 2.00 bits per heavy atom. The summed E-state index contributed by atoms with van der Waals surface area (Å²) in [6, 6.07) is 8.84. The fourth-order valence-corrected chi connectivity index (χ4v) is 1.91. The molecule has 1 aliphatic rings. The lowest BCUT2D eigenvalue weighted by Crippen LogP contribution is -2.29. The number of rotatable bonds is 5. The van der Waals surface area contributed by atoms with Crippen LogP contribution in [0.15, 0.2) is 30.3 Å². The van der Waals surface area contributed by atoms with Crippen LogP contribution in [0.4, 0.5) is 0 Å². The minimum Gasteiger partial charge on any atom is -0.461 e. The van der Waals surface area contributed by atoms with Crippen molar-refractivity contribution in [1.82, 2.24) is 5.32 Å². The maximum atomic E-state index is 11.5. The predicted molar refractivity (Wildman–Crippen MR) is 67.0 cm³/mol. The van der Waals surface area contributed by atoms with Gasteiger partial charge in [0.05, 0.1) is 12.5 Å². The minimum absolute atomic E-state index is 0.0796. The van der Waals surface area contributed by atoms with Crippen LogP contribution in [0.1, 0.15) is 24.8 Å². The molecule has 1 fully saturated rings. The van der Waals surface area contributed by atoms with Crippen molar-refractivity contribution in [2.24, 2.45) is 0 Å². The van der Waals surface area contributed by atoms with Crippen LogP contribution in [0.25, 0.3) is 0 Å². The van der Waals surface area contributed by atoms with Gasteiger partial charge in [0.1, 0.15) is 6.61 Å². The first kappa shape index (κ1) is 13.3. The predicted octanol–water partition coefficient (Wildman–Crippen LogP) is 0.968. The molecule has 0 bridgehead atoms. The van der Waals surface area contributed by atoms with Crippen molar-refractivity contribution in [2.45, 2.75) is 31.9 Å². The van der Waals surface area contributed by atoms with Gasteiger partial charge in [-0.05, 0) is 12.0 Å². The van der Waals surface area contributed by atoms with Gasteiger partial charge in [0.15, 0.2) is 5.78 Å². The summed E-state index contributed by atoms with van der Waals surface area (Å²) in [7, 11) is 0. The molecule has 1 atom stereocenters. The summed E-state index contributed by atoms with van der Waals surface area (Å²) < 4.78 is 5.09. The average molecular weight is 261 g/mol. The smallest absolute Gasteiger partial charge is 0.306 e. The second-order valence-corrected chi connectivity index (χ2v) is 4.45. The number of hydrogen-bond acceptors (Lipinski definition) is 4. The molecule has 1 saturated heterocycles. The number of amides is 1. The molecule has 2 rings (SSSR count). The third-order valence-corrected chi connectivity index (χ3v) is 2.94. The molecule has 0 spiro atoms. The molecular formula is C14H15NO4. The Hall–Kier alpha value is -2.17. The van der Waals surface area contributed by atoms with E-state index in [-0.39, 0.29) is 37.1 Å². The molecule has 0 aromatic heterocycles. The first-order chi connectivity index (χ1) is 9.15. The van der Waals surface area contributed by atoms with E-state index in [4.69, 9.17) is 4.74 Å². The lowest BCUT2D eigenvalue weighted by Gasteiger charge is -2.08. The Kier molecular flexibility index (Phi) is 4.28. The summed E-state index contributed by atoms with van der Waals surface area (Å²) in [6.07, 6.45) is 0.353. The van der Waals surface area contributed by atoms with Crippen molar-refractivity contribution in [1.29, 1.82) is 0 Å². The van der Waals surface area contributed by atoms with Crippen molar-refractivity contribution in [3.63, 3.8) is 0 Å². The standard InChI is InChI=1S/C14H15NO4/c16-12-8-13(17)15-11(12)6-7-14(18)19-9-10-4-2-1-3-5-10/h1-5,11H,6-9H2,(H,15,17). The van der Waals surface area contributed by atoms with E-state index in [1.807, 2.05) is 30.3 Å². The molecule has 1 aliphatic heterocycles. The van der Waals surface area contributed by atoms with Crippen molar-refractivity contribution in [3.8, 4) is 0 Å². The van der Waals surface area contributed by atoms with E-state index >= 15 is 0 Å². The zero-order valence-electron chi connectivity index (χ0n) is 10.4. The van der Waals surface area contributed by atoms with Gasteiger partial charge in [0.25, 0.3) is 0 Å². The summed E-state index contributed by atoms with van der Waals surface area (Å²) in [6.45, 7) is 0.227. The van der Waals surface area contributed by atoms with Gasteiger partial charge >= 0.3 is 5.97 Å². The summed E-state index contributed by atoms with van der Waals surface area (Å²) in [5.41, 5.74) is 0.918. The van der Waals surface area contributed by atoms with E-state index < -0.39 is 6.04 Å². The van der Waals surface area contributed by atoms with E-state index in [0.29, 0.717) is 6.42 Å². The Morgan fingerprint density at radius 3 is 2.63 bits per heavy atom. The molecule has 1 unspecified atom stereocenters. The molecule has 19 heavy (non-hydrogen) atoms. The van der Waals surface area contributed by atoms with Crippen molar-refractivity contribution >= 4 is 17.7 Å². The fourth-order valence-electron chi connectivity index (χ4n) is 1.91. The first-order valence-corrected chi connectivity index (χ1v) is 6.17.